The third kappa shape index (κ3) is 5.13. The summed E-state index contributed by atoms with van der Waals surface area (Å²) in [6, 6.07) is 6.64. The number of aryl methyl sites for hydroxylation is 1. The number of aromatic carboxylic acids is 1. The number of carboxylic acid groups (broad SMARTS) is 1. The molecular formula is C19H22FN5O3P2. The van der Waals surface area contributed by atoms with Crippen molar-refractivity contribution in [1.29, 1.82) is 5.26 Å². The maximum absolute atomic E-state index is 14.1. The number of nitrogens with one attached hydrogen (secondary N) is 1. The molecule has 8 nitrogen and oxygen atoms in total. The van der Waals surface area contributed by atoms with Crippen molar-refractivity contribution in [2.24, 2.45) is 0 Å². The molecule has 2 atom stereocenters. The standard InChI is InChI=1S/C19H22FN5O3P2/c1-10-2-3-14(12(20)8-10)28-11-4-6-25(7-5-11)17-16(24-19(29)30)22-13(9-21)15(23-17)18(26)27/h2-3,8,11,19H,4-7,29-30H2,1H3,(H,22,24)(H,26,27). The summed E-state index contributed by atoms with van der Waals surface area (Å²) in [4.78, 5) is 21.8. The van der Waals surface area contributed by atoms with E-state index in [1.54, 1.807) is 18.2 Å². The first-order chi connectivity index (χ1) is 14.3. The first-order valence-corrected chi connectivity index (χ1v) is 10.6. The average Bonchev–Trinajstić information content (AvgIpc) is 2.70. The van der Waals surface area contributed by atoms with E-state index in [0.717, 1.165) is 5.56 Å². The molecule has 0 aliphatic carbocycles. The van der Waals surface area contributed by atoms with Crippen LogP contribution in [0.15, 0.2) is 18.2 Å². The molecular weight excluding hydrogens is 427 g/mol. The van der Waals surface area contributed by atoms with Gasteiger partial charge in [-0.05, 0) is 24.6 Å². The number of hydrogen-bond acceptors (Lipinski definition) is 7. The van der Waals surface area contributed by atoms with E-state index in [1.165, 1.54) is 6.07 Å². The Morgan fingerprint density at radius 3 is 2.67 bits per heavy atom. The van der Waals surface area contributed by atoms with Crippen LogP contribution in [0, 0.1) is 24.1 Å². The first-order valence-electron chi connectivity index (χ1n) is 9.29. The van der Waals surface area contributed by atoms with Crippen LogP contribution in [0.4, 0.5) is 16.0 Å². The highest BCUT2D eigenvalue weighted by Gasteiger charge is 2.27. The summed E-state index contributed by atoms with van der Waals surface area (Å²) in [5, 5.41) is 21.7. The molecule has 0 bridgehead atoms. The minimum absolute atomic E-state index is 0.148. The number of hydrogen-bond donors (Lipinski definition) is 2. The van der Waals surface area contributed by atoms with Crippen LogP contribution in [0.1, 0.15) is 34.6 Å². The molecule has 0 amide bonds. The Bertz CT molecular complexity index is 991. The zero-order valence-electron chi connectivity index (χ0n) is 16.3. The molecule has 2 aromatic rings. The summed E-state index contributed by atoms with van der Waals surface area (Å²) in [5.41, 5.74) is 0.0372. The van der Waals surface area contributed by atoms with E-state index in [0.29, 0.717) is 37.6 Å². The van der Waals surface area contributed by atoms with Gasteiger partial charge in [-0.3, -0.25) is 0 Å². The molecule has 1 fully saturated rings. The molecule has 3 rings (SSSR count). The second kappa shape index (κ2) is 9.51. The molecule has 11 heteroatoms. The van der Waals surface area contributed by atoms with E-state index in [-0.39, 0.29) is 34.6 Å². The lowest BCUT2D eigenvalue weighted by molar-refractivity contribution is 0.0689. The van der Waals surface area contributed by atoms with Crippen LogP contribution in [0.5, 0.6) is 5.75 Å². The van der Waals surface area contributed by atoms with E-state index in [4.69, 9.17) is 4.74 Å². The smallest absolute Gasteiger partial charge is 0.357 e. The molecule has 1 saturated heterocycles. The number of anilines is 2. The summed E-state index contributed by atoms with van der Waals surface area (Å²) in [5.74, 6) is -0.786. The molecule has 1 aromatic carbocycles. The van der Waals surface area contributed by atoms with Crippen LogP contribution in [0.3, 0.4) is 0 Å². The number of piperidine rings is 1. The average molecular weight is 449 g/mol. The Hall–Kier alpha value is -2.55. The van der Waals surface area contributed by atoms with Crippen molar-refractivity contribution in [2.75, 3.05) is 23.3 Å². The quantitative estimate of drug-likeness (QED) is 0.648. The Labute approximate surface area is 178 Å². The minimum atomic E-state index is -1.31. The Morgan fingerprint density at radius 2 is 2.10 bits per heavy atom. The number of rotatable bonds is 6. The van der Waals surface area contributed by atoms with E-state index in [9.17, 15) is 19.6 Å². The SMILES string of the molecule is Cc1ccc(OC2CCN(c3nc(C(=O)O)c(C#N)nc3NC(P)P)CC2)c(F)c1. The second-order valence-corrected chi connectivity index (χ2v) is 9.12. The normalized spacial score (nSPS) is 14.5. The van der Waals surface area contributed by atoms with Crippen molar-refractivity contribution in [3.8, 4) is 11.8 Å². The molecule has 1 aliphatic heterocycles. The lowest BCUT2D eigenvalue weighted by atomic mass is 10.1. The lowest BCUT2D eigenvalue weighted by Crippen LogP contribution is -2.39. The molecule has 2 N–H and O–H groups in total. The predicted octanol–water partition coefficient (Wildman–Crippen LogP) is 2.99. The van der Waals surface area contributed by atoms with Gasteiger partial charge in [0.25, 0.3) is 0 Å². The zero-order chi connectivity index (χ0) is 21.8. The number of benzene rings is 1. The van der Waals surface area contributed by atoms with Gasteiger partial charge >= 0.3 is 5.97 Å². The molecule has 0 saturated carbocycles. The number of aromatic nitrogens is 2. The number of carbonyl (C=O) groups is 1. The number of nitrogens with zero attached hydrogens (tertiary/aromatic N) is 4. The first kappa shape index (κ1) is 22.1. The third-order valence-corrected chi connectivity index (χ3v) is 4.95. The van der Waals surface area contributed by atoms with Gasteiger partial charge in [0.2, 0.25) is 0 Å². The topological polar surface area (TPSA) is 111 Å². The monoisotopic (exact) mass is 449 g/mol. The summed E-state index contributed by atoms with van der Waals surface area (Å²) < 4.78 is 19.9. The van der Waals surface area contributed by atoms with Crippen molar-refractivity contribution in [3.63, 3.8) is 0 Å². The summed E-state index contributed by atoms with van der Waals surface area (Å²) in [6.45, 7) is 2.85. The molecule has 2 unspecified atom stereocenters. The summed E-state index contributed by atoms with van der Waals surface area (Å²) >= 11 is 0. The van der Waals surface area contributed by atoms with Gasteiger partial charge in [-0.15, -0.1) is 18.5 Å². The molecule has 30 heavy (non-hydrogen) atoms. The Morgan fingerprint density at radius 1 is 1.40 bits per heavy atom. The van der Waals surface area contributed by atoms with E-state index >= 15 is 0 Å². The fourth-order valence-corrected chi connectivity index (χ4v) is 3.51. The molecule has 0 radical (unpaired) electrons. The molecule has 0 spiro atoms. The second-order valence-electron chi connectivity index (χ2n) is 6.92. The molecule has 158 valence electrons. The van der Waals surface area contributed by atoms with Gasteiger partial charge in [0.15, 0.2) is 34.6 Å². The van der Waals surface area contributed by atoms with E-state index in [1.807, 2.05) is 11.8 Å². The van der Waals surface area contributed by atoms with Crippen LogP contribution in [-0.2, 0) is 0 Å². The number of carboxylic acids is 1. The Kier molecular flexibility index (Phi) is 7.02. The van der Waals surface area contributed by atoms with Gasteiger partial charge in [0, 0.05) is 25.9 Å². The van der Waals surface area contributed by atoms with Gasteiger partial charge < -0.3 is 20.1 Å². The minimum Gasteiger partial charge on any atom is -0.487 e. The maximum Gasteiger partial charge on any atom is 0.357 e. The number of nitriles is 1. The highest BCUT2D eigenvalue weighted by atomic mass is 31.1. The van der Waals surface area contributed by atoms with E-state index < -0.39 is 5.97 Å². The van der Waals surface area contributed by atoms with Gasteiger partial charge in [-0.2, -0.15) is 5.26 Å². The van der Waals surface area contributed by atoms with Crippen molar-refractivity contribution < 1.29 is 19.0 Å². The zero-order valence-corrected chi connectivity index (χ0v) is 18.6. The maximum atomic E-state index is 14.1. The molecule has 2 heterocycles. The van der Waals surface area contributed by atoms with Gasteiger partial charge in [0.05, 0.1) is 5.52 Å². The predicted molar refractivity (Wildman–Crippen MR) is 118 cm³/mol. The van der Waals surface area contributed by atoms with Crippen molar-refractivity contribution in [2.45, 2.75) is 31.4 Å². The summed E-state index contributed by atoms with van der Waals surface area (Å²) in [7, 11) is 5.05. The molecule has 1 aromatic heterocycles. The van der Waals surface area contributed by atoms with E-state index in [2.05, 4.69) is 33.8 Å². The largest absolute Gasteiger partial charge is 0.487 e. The van der Waals surface area contributed by atoms with Crippen molar-refractivity contribution in [3.05, 3.63) is 41.0 Å². The fourth-order valence-electron chi connectivity index (χ4n) is 3.20. The van der Waals surface area contributed by atoms with Crippen LogP contribution in [0.2, 0.25) is 0 Å². The lowest BCUT2D eigenvalue weighted by Gasteiger charge is -2.34. The van der Waals surface area contributed by atoms with Gasteiger partial charge in [-0.25, -0.2) is 19.2 Å². The third-order valence-electron chi connectivity index (χ3n) is 4.61. The Balaban J connectivity index is 1.79. The highest BCUT2D eigenvalue weighted by Crippen LogP contribution is 2.30. The molecule has 1 aliphatic rings. The highest BCUT2D eigenvalue weighted by molar-refractivity contribution is 7.38. The number of halogens is 1. The number of ether oxygens (including phenoxy) is 1. The summed E-state index contributed by atoms with van der Waals surface area (Å²) in [6.07, 6.45) is 1.03. The van der Waals surface area contributed by atoms with Crippen molar-refractivity contribution in [1.82, 2.24) is 9.97 Å². The van der Waals surface area contributed by atoms with Crippen LogP contribution in [0.25, 0.3) is 0 Å². The van der Waals surface area contributed by atoms with Gasteiger partial charge in [-0.1, -0.05) is 6.07 Å². The van der Waals surface area contributed by atoms with Gasteiger partial charge in [0.1, 0.15) is 12.2 Å². The fraction of sp³-hybridized carbons (Fsp3) is 0.368. The van der Waals surface area contributed by atoms with Crippen LogP contribution < -0.4 is 15.0 Å². The van der Waals surface area contributed by atoms with Crippen molar-refractivity contribution >= 4 is 36.1 Å². The van der Waals surface area contributed by atoms with Crippen LogP contribution in [-0.4, -0.2) is 45.8 Å². The van der Waals surface area contributed by atoms with Crippen LogP contribution >= 0.6 is 18.5 Å².